The molecule has 0 aliphatic carbocycles. The Labute approximate surface area is 97.6 Å². The van der Waals surface area contributed by atoms with Crippen LogP contribution in [0, 0.1) is 0 Å². The van der Waals surface area contributed by atoms with Crippen molar-refractivity contribution < 1.29 is 4.79 Å². The van der Waals surface area contributed by atoms with Gasteiger partial charge in [-0.1, -0.05) is 37.8 Å². The first-order valence-electron chi connectivity index (χ1n) is 5.53. The fraction of sp³-hybridized carbons (Fsp3) is 0.357. The van der Waals surface area contributed by atoms with Crippen LogP contribution in [0.4, 0.5) is 0 Å². The third kappa shape index (κ3) is 3.23. The maximum Gasteiger partial charge on any atom is 0.248 e. The Bertz CT molecular complexity index is 378. The molecule has 0 heterocycles. The molecule has 0 aliphatic rings. The number of rotatable bonds is 4. The number of likely N-dealkylation sites (N-methyl/N-ethyl adjacent to an activating group) is 1. The molecule has 0 aromatic heterocycles. The monoisotopic (exact) mass is 217 g/mol. The molecule has 0 spiro atoms. The molecule has 2 heteroatoms. The SMILES string of the molecule is C=C(C)C(=O)N(C)Cc1ccc(CC)cc1. The average molecular weight is 217 g/mol. The Morgan fingerprint density at radius 3 is 2.19 bits per heavy atom. The van der Waals surface area contributed by atoms with E-state index in [-0.39, 0.29) is 5.91 Å². The third-order valence-corrected chi connectivity index (χ3v) is 2.56. The summed E-state index contributed by atoms with van der Waals surface area (Å²) < 4.78 is 0. The second kappa shape index (κ2) is 5.50. The molecule has 0 saturated carbocycles. The molecule has 0 aliphatic heterocycles. The van der Waals surface area contributed by atoms with Crippen LogP contribution in [0.2, 0.25) is 0 Å². The first kappa shape index (κ1) is 12.5. The predicted octanol–water partition coefficient (Wildman–Crippen LogP) is 2.78. The molecule has 86 valence electrons. The van der Waals surface area contributed by atoms with Crippen molar-refractivity contribution in [2.24, 2.45) is 0 Å². The molecule has 1 amide bonds. The number of amides is 1. The second-order valence-electron chi connectivity index (χ2n) is 4.11. The summed E-state index contributed by atoms with van der Waals surface area (Å²) >= 11 is 0. The van der Waals surface area contributed by atoms with Crippen LogP contribution < -0.4 is 0 Å². The molecule has 1 aromatic rings. The number of nitrogens with zero attached hydrogens (tertiary/aromatic N) is 1. The molecule has 0 saturated heterocycles. The van der Waals surface area contributed by atoms with E-state index in [9.17, 15) is 4.79 Å². The number of carbonyl (C=O) groups excluding carboxylic acids is 1. The molecule has 0 unspecified atom stereocenters. The minimum absolute atomic E-state index is 0.000400. The minimum Gasteiger partial charge on any atom is -0.338 e. The zero-order chi connectivity index (χ0) is 12.1. The molecule has 1 rings (SSSR count). The van der Waals surface area contributed by atoms with Gasteiger partial charge in [0, 0.05) is 19.2 Å². The number of hydrogen-bond acceptors (Lipinski definition) is 1. The quantitative estimate of drug-likeness (QED) is 0.710. The highest BCUT2D eigenvalue weighted by Crippen LogP contribution is 2.08. The smallest absolute Gasteiger partial charge is 0.248 e. The van der Waals surface area contributed by atoms with Gasteiger partial charge in [-0.15, -0.1) is 0 Å². The highest BCUT2D eigenvalue weighted by molar-refractivity contribution is 5.91. The lowest BCUT2D eigenvalue weighted by Gasteiger charge is -2.17. The van der Waals surface area contributed by atoms with Crippen LogP contribution in [0.5, 0.6) is 0 Å². The van der Waals surface area contributed by atoms with E-state index >= 15 is 0 Å². The van der Waals surface area contributed by atoms with E-state index in [0.29, 0.717) is 12.1 Å². The first-order valence-corrected chi connectivity index (χ1v) is 5.53. The largest absolute Gasteiger partial charge is 0.338 e. The fourth-order valence-corrected chi connectivity index (χ4v) is 1.55. The van der Waals surface area contributed by atoms with Gasteiger partial charge >= 0.3 is 0 Å². The summed E-state index contributed by atoms with van der Waals surface area (Å²) in [5.41, 5.74) is 3.04. The van der Waals surface area contributed by atoms with Crippen molar-refractivity contribution in [2.45, 2.75) is 26.8 Å². The van der Waals surface area contributed by atoms with Crippen molar-refractivity contribution in [3.05, 3.63) is 47.5 Å². The third-order valence-electron chi connectivity index (χ3n) is 2.56. The number of hydrogen-bond donors (Lipinski definition) is 0. The van der Waals surface area contributed by atoms with Gasteiger partial charge in [-0.2, -0.15) is 0 Å². The lowest BCUT2D eigenvalue weighted by Crippen LogP contribution is -2.26. The van der Waals surface area contributed by atoms with E-state index in [1.165, 1.54) is 5.56 Å². The number of aryl methyl sites for hydroxylation is 1. The molecular weight excluding hydrogens is 198 g/mol. The summed E-state index contributed by atoms with van der Waals surface area (Å²) in [6.45, 7) is 8.15. The van der Waals surface area contributed by atoms with Crippen molar-refractivity contribution in [2.75, 3.05) is 7.05 Å². The molecule has 16 heavy (non-hydrogen) atoms. The van der Waals surface area contributed by atoms with Crippen LogP contribution in [-0.4, -0.2) is 17.9 Å². The van der Waals surface area contributed by atoms with Gasteiger partial charge in [-0.05, 0) is 24.5 Å². The van der Waals surface area contributed by atoms with Crippen molar-refractivity contribution in [1.29, 1.82) is 0 Å². The fourth-order valence-electron chi connectivity index (χ4n) is 1.55. The summed E-state index contributed by atoms with van der Waals surface area (Å²) in [7, 11) is 1.80. The van der Waals surface area contributed by atoms with Gasteiger partial charge < -0.3 is 4.90 Å². The van der Waals surface area contributed by atoms with Crippen LogP contribution in [0.15, 0.2) is 36.4 Å². The molecule has 2 nitrogen and oxygen atoms in total. The van der Waals surface area contributed by atoms with Gasteiger partial charge in [0.1, 0.15) is 0 Å². The summed E-state index contributed by atoms with van der Waals surface area (Å²) in [5, 5.41) is 0. The second-order valence-corrected chi connectivity index (χ2v) is 4.11. The number of benzene rings is 1. The molecule has 0 N–H and O–H groups in total. The van der Waals surface area contributed by atoms with Crippen LogP contribution >= 0.6 is 0 Å². The van der Waals surface area contributed by atoms with Crippen molar-refractivity contribution in [3.63, 3.8) is 0 Å². The average Bonchev–Trinajstić information content (AvgIpc) is 2.28. The minimum atomic E-state index is -0.000400. The van der Waals surface area contributed by atoms with E-state index < -0.39 is 0 Å². The van der Waals surface area contributed by atoms with Crippen LogP contribution in [-0.2, 0) is 17.8 Å². The maximum absolute atomic E-state index is 11.6. The molecule has 0 bridgehead atoms. The van der Waals surface area contributed by atoms with Gasteiger partial charge in [-0.25, -0.2) is 0 Å². The molecular formula is C14H19NO. The summed E-state index contributed by atoms with van der Waals surface area (Å²) in [6.07, 6.45) is 1.04. The maximum atomic E-state index is 11.6. The van der Waals surface area contributed by atoms with Gasteiger partial charge in [0.05, 0.1) is 0 Å². The summed E-state index contributed by atoms with van der Waals surface area (Å²) in [6, 6.07) is 8.35. The Balaban J connectivity index is 2.66. The standard InChI is InChI=1S/C14H19NO/c1-5-12-6-8-13(9-7-12)10-15(4)14(16)11(2)3/h6-9H,2,5,10H2,1,3-4H3. The summed E-state index contributed by atoms with van der Waals surface area (Å²) in [5.74, 6) is -0.000400. The molecule has 1 aromatic carbocycles. The topological polar surface area (TPSA) is 20.3 Å². The van der Waals surface area contributed by atoms with Crippen LogP contribution in [0.1, 0.15) is 25.0 Å². The highest BCUT2D eigenvalue weighted by atomic mass is 16.2. The van der Waals surface area contributed by atoms with E-state index in [2.05, 4.69) is 37.8 Å². The molecule has 0 fully saturated rings. The Hall–Kier alpha value is -1.57. The van der Waals surface area contributed by atoms with Crippen molar-refractivity contribution in [3.8, 4) is 0 Å². The van der Waals surface area contributed by atoms with Crippen LogP contribution in [0.3, 0.4) is 0 Å². The summed E-state index contributed by atoms with van der Waals surface area (Å²) in [4.78, 5) is 13.3. The van der Waals surface area contributed by atoms with Crippen molar-refractivity contribution >= 4 is 5.91 Å². The van der Waals surface area contributed by atoms with Crippen LogP contribution in [0.25, 0.3) is 0 Å². The Morgan fingerprint density at radius 2 is 1.75 bits per heavy atom. The van der Waals surface area contributed by atoms with Gasteiger partial charge in [0.2, 0.25) is 5.91 Å². The predicted molar refractivity (Wildman–Crippen MR) is 67.1 cm³/mol. The lowest BCUT2D eigenvalue weighted by atomic mass is 10.1. The normalized spacial score (nSPS) is 9.94. The lowest BCUT2D eigenvalue weighted by molar-refractivity contribution is -0.126. The molecule has 0 radical (unpaired) electrons. The highest BCUT2D eigenvalue weighted by Gasteiger charge is 2.09. The van der Waals surface area contributed by atoms with Gasteiger partial charge in [0.25, 0.3) is 0 Å². The van der Waals surface area contributed by atoms with E-state index in [0.717, 1.165) is 12.0 Å². The Kier molecular flexibility index (Phi) is 4.29. The van der Waals surface area contributed by atoms with E-state index in [1.54, 1.807) is 18.9 Å². The molecule has 0 atom stereocenters. The zero-order valence-electron chi connectivity index (χ0n) is 10.3. The van der Waals surface area contributed by atoms with Gasteiger partial charge in [-0.3, -0.25) is 4.79 Å². The van der Waals surface area contributed by atoms with E-state index in [1.807, 2.05) is 0 Å². The van der Waals surface area contributed by atoms with E-state index in [4.69, 9.17) is 0 Å². The Morgan fingerprint density at radius 1 is 1.25 bits per heavy atom. The van der Waals surface area contributed by atoms with Crippen molar-refractivity contribution in [1.82, 2.24) is 4.90 Å². The van der Waals surface area contributed by atoms with Gasteiger partial charge in [0.15, 0.2) is 0 Å². The first-order chi connectivity index (χ1) is 7.54. The zero-order valence-corrected chi connectivity index (χ0v) is 10.3. The number of carbonyl (C=O) groups is 1.